The van der Waals surface area contributed by atoms with E-state index in [0.29, 0.717) is 11.1 Å². The molecule has 0 fully saturated rings. The molecule has 0 unspecified atom stereocenters. The van der Waals surface area contributed by atoms with Gasteiger partial charge in [0, 0.05) is 22.0 Å². The summed E-state index contributed by atoms with van der Waals surface area (Å²) in [6, 6.07) is 7.22. The molecule has 0 radical (unpaired) electrons. The second-order valence-electron chi connectivity index (χ2n) is 3.29. The van der Waals surface area contributed by atoms with Crippen molar-refractivity contribution in [2.75, 3.05) is 6.67 Å². The van der Waals surface area contributed by atoms with E-state index in [1.54, 1.807) is 12.1 Å². The number of rotatable bonds is 2. The molecule has 1 heterocycles. The summed E-state index contributed by atoms with van der Waals surface area (Å²) in [4.78, 5) is 14.3. The number of halogens is 2. The molecular weight excluding hydrogens is 261 g/mol. The van der Waals surface area contributed by atoms with Crippen molar-refractivity contribution in [3.8, 4) is 0 Å². The molecule has 0 amide bonds. The first-order valence-electron chi connectivity index (χ1n) is 4.58. The highest BCUT2D eigenvalue weighted by atomic mass is 79.9. The van der Waals surface area contributed by atoms with Crippen LogP contribution >= 0.6 is 15.9 Å². The molecule has 1 aromatic carbocycles. The van der Waals surface area contributed by atoms with Gasteiger partial charge in [-0.05, 0) is 29.7 Å². The fourth-order valence-corrected chi connectivity index (χ4v) is 1.91. The number of benzene rings is 1. The van der Waals surface area contributed by atoms with Gasteiger partial charge in [0.1, 0.15) is 0 Å². The Morgan fingerprint density at radius 1 is 1.33 bits per heavy atom. The summed E-state index contributed by atoms with van der Waals surface area (Å²) in [7, 11) is 0. The second kappa shape index (κ2) is 4.14. The van der Waals surface area contributed by atoms with E-state index in [1.807, 2.05) is 12.1 Å². The third kappa shape index (κ3) is 2.09. The highest BCUT2D eigenvalue weighted by molar-refractivity contribution is 9.10. The molecular formula is C11H9BrFNO. The van der Waals surface area contributed by atoms with Gasteiger partial charge in [0.15, 0.2) is 0 Å². The summed E-state index contributed by atoms with van der Waals surface area (Å²) in [5.74, 6) is 0. The monoisotopic (exact) mass is 269 g/mol. The molecule has 4 heteroatoms. The number of aromatic nitrogens is 1. The van der Waals surface area contributed by atoms with Crippen molar-refractivity contribution in [3.63, 3.8) is 0 Å². The Morgan fingerprint density at radius 3 is 2.87 bits per heavy atom. The number of hydrogen-bond donors (Lipinski definition) is 1. The largest absolute Gasteiger partial charge is 0.326 e. The van der Waals surface area contributed by atoms with Crippen molar-refractivity contribution in [1.82, 2.24) is 4.98 Å². The third-order valence-corrected chi connectivity index (χ3v) is 2.72. The number of nitrogens with one attached hydrogen (secondary N) is 1. The van der Waals surface area contributed by atoms with E-state index in [1.165, 1.54) is 0 Å². The third-order valence-electron chi connectivity index (χ3n) is 2.23. The van der Waals surface area contributed by atoms with E-state index in [0.717, 1.165) is 9.86 Å². The number of fused-ring (bicyclic) bond motifs is 1. The number of hydrogen-bond acceptors (Lipinski definition) is 1. The summed E-state index contributed by atoms with van der Waals surface area (Å²) in [6.07, 6.45) is 0.248. The van der Waals surface area contributed by atoms with E-state index in [4.69, 9.17) is 0 Å². The van der Waals surface area contributed by atoms with Crippen LogP contribution in [0, 0.1) is 0 Å². The zero-order valence-corrected chi connectivity index (χ0v) is 9.47. The van der Waals surface area contributed by atoms with Crippen molar-refractivity contribution in [2.24, 2.45) is 0 Å². The Hall–Kier alpha value is -1.16. The minimum atomic E-state index is -0.463. The van der Waals surface area contributed by atoms with Gasteiger partial charge < -0.3 is 4.98 Å². The zero-order valence-electron chi connectivity index (χ0n) is 7.89. The van der Waals surface area contributed by atoms with Gasteiger partial charge in [-0.25, -0.2) is 0 Å². The first kappa shape index (κ1) is 10.4. The lowest BCUT2D eigenvalue weighted by Gasteiger charge is -2.01. The Labute approximate surface area is 94.3 Å². The molecule has 0 aliphatic heterocycles. The first-order valence-corrected chi connectivity index (χ1v) is 5.37. The van der Waals surface area contributed by atoms with Gasteiger partial charge in [-0.3, -0.25) is 9.18 Å². The molecule has 78 valence electrons. The van der Waals surface area contributed by atoms with Crippen molar-refractivity contribution in [3.05, 3.63) is 44.8 Å². The van der Waals surface area contributed by atoms with Crippen LogP contribution in [0.5, 0.6) is 0 Å². The van der Waals surface area contributed by atoms with E-state index < -0.39 is 6.67 Å². The standard InChI is InChI=1S/C11H9BrFNO/c12-8-1-2-10-7(5-8)6-9(3-4-13)14-11(10)15/h1-2,5-6H,3-4H2,(H,14,15). The van der Waals surface area contributed by atoms with Crippen LogP contribution in [-0.2, 0) is 6.42 Å². The lowest BCUT2D eigenvalue weighted by Crippen LogP contribution is -2.09. The van der Waals surface area contributed by atoms with Crippen LogP contribution in [0.15, 0.2) is 33.5 Å². The van der Waals surface area contributed by atoms with E-state index in [-0.39, 0.29) is 12.0 Å². The maximum atomic E-state index is 12.2. The second-order valence-corrected chi connectivity index (χ2v) is 4.21. The SMILES string of the molecule is O=c1[nH]c(CCF)cc2cc(Br)ccc12. The summed E-state index contributed by atoms with van der Waals surface area (Å²) in [6.45, 7) is -0.463. The summed E-state index contributed by atoms with van der Waals surface area (Å²) in [5, 5.41) is 1.46. The van der Waals surface area contributed by atoms with Gasteiger partial charge in [0.2, 0.25) is 0 Å². The average Bonchev–Trinajstić information content (AvgIpc) is 2.17. The highest BCUT2D eigenvalue weighted by Crippen LogP contribution is 2.17. The summed E-state index contributed by atoms with van der Waals surface area (Å²) >= 11 is 3.33. The maximum absolute atomic E-state index is 12.2. The minimum absolute atomic E-state index is 0.163. The maximum Gasteiger partial charge on any atom is 0.256 e. The Morgan fingerprint density at radius 2 is 2.13 bits per heavy atom. The fraction of sp³-hybridized carbons (Fsp3) is 0.182. The van der Waals surface area contributed by atoms with Crippen LogP contribution < -0.4 is 5.56 Å². The van der Waals surface area contributed by atoms with E-state index in [9.17, 15) is 9.18 Å². The van der Waals surface area contributed by atoms with Crippen LogP contribution in [0.25, 0.3) is 10.8 Å². The Balaban J connectivity index is 2.68. The molecule has 1 N–H and O–H groups in total. The molecule has 0 atom stereocenters. The topological polar surface area (TPSA) is 32.9 Å². The lowest BCUT2D eigenvalue weighted by molar-refractivity contribution is 0.492. The summed E-state index contributed by atoms with van der Waals surface area (Å²) < 4.78 is 13.1. The van der Waals surface area contributed by atoms with Gasteiger partial charge in [0.05, 0.1) is 6.67 Å². The van der Waals surface area contributed by atoms with Gasteiger partial charge in [-0.1, -0.05) is 15.9 Å². The average molecular weight is 270 g/mol. The normalized spacial score (nSPS) is 10.8. The molecule has 0 aliphatic carbocycles. The molecule has 0 bridgehead atoms. The van der Waals surface area contributed by atoms with E-state index in [2.05, 4.69) is 20.9 Å². The Bertz CT molecular complexity index is 550. The number of aromatic amines is 1. The van der Waals surface area contributed by atoms with Gasteiger partial charge in [0.25, 0.3) is 5.56 Å². The molecule has 0 saturated carbocycles. The van der Waals surface area contributed by atoms with Gasteiger partial charge >= 0.3 is 0 Å². The predicted molar refractivity (Wildman–Crippen MR) is 61.9 cm³/mol. The van der Waals surface area contributed by atoms with Crippen LogP contribution in [0.1, 0.15) is 5.69 Å². The van der Waals surface area contributed by atoms with Gasteiger partial charge in [-0.2, -0.15) is 0 Å². The molecule has 0 spiro atoms. The quantitative estimate of drug-likeness (QED) is 0.894. The fourth-order valence-electron chi connectivity index (χ4n) is 1.53. The van der Waals surface area contributed by atoms with Crippen LogP contribution in [0.3, 0.4) is 0 Å². The number of alkyl halides is 1. The highest BCUT2D eigenvalue weighted by Gasteiger charge is 2.02. The number of pyridine rings is 1. The molecule has 0 aliphatic rings. The smallest absolute Gasteiger partial charge is 0.256 e. The lowest BCUT2D eigenvalue weighted by atomic mass is 10.1. The molecule has 15 heavy (non-hydrogen) atoms. The van der Waals surface area contributed by atoms with Crippen LogP contribution in [0.2, 0.25) is 0 Å². The van der Waals surface area contributed by atoms with Crippen molar-refractivity contribution in [1.29, 1.82) is 0 Å². The van der Waals surface area contributed by atoms with Gasteiger partial charge in [-0.15, -0.1) is 0 Å². The summed E-state index contributed by atoms with van der Waals surface area (Å²) in [5.41, 5.74) is 0.469. The number of aryl methyl sites for hydroxylation is 1. The van der Waals surface area contributed by atoms with Crippen molar-refractivity contribution < 1.29 is 4.39 Å². The molecule has 1 aromatic heterocycles. The van der Waals surface area contributed by atoms with Crippen LogP contribution in [-0.4, -0.2) is 11.7 Å². The minimum Gasteiger partial charge on any atom is -0.326 e. The zero-order chi connectivity index (χ0) is 10.8. The van der Waals surface area contributed by atoms with Crippen molar-refractivity contribution in [2.45, 2.75) is 6.42 Å². The molecule has 0 saturated heterocycles. The van der Waals surface area contributed by atoms with Crippen molar-refractivity contribution >= 4 is 26.7 Å². The predicted octanol–water partition coefficient (Wildman–Crippen LogP) is 2.80. The van der Waals surface area contributed by atoms with Crippen LogP contribution in [0.4, 0.5) is 4.39 Å². The molecule has 2 rings (SSSR count). The first-order chi connectivity index (χ1) is 7.20. The van der Waals surface area contributed by atoms with E-state index >= 15 is 0 Å². The molecule has 2 nitrogen and oxygen atoms in total. The number of H-pyrrole nitrogens is 1. The molecule has 2 aromatic rings. The Kier molecular flexibility index (Phi) is 2.86.